The van der Waals surface area contributed by atoms with E-state index < -0.39 is 44.2 Å². The van der Waals surface area contributed by atoms with Crippen molar-refractivity contribution in [3.05, 3.63) is 70.9 Å². The van der Waals surface area contributed by atoms with Crippen molar-refractivity contribution in [2.45, 2.75) is 17.3 Å². The average Bonchev–Trinajstić information content (AvgIpc) is 2.71. The molecule has 1 heterocycles. The number of allylic oxidation sites excluding steroid dienone is 3. The second-order valence-corrected chi connectivity index (χ2v) is 9.05. The maximum absolute atomic E-state index is 15.3. The van der Waals surface area contributed by atoms with Gasteiger partial charge in [0.1, 0.15) is 34.1 Å². The van der Waals surface area contributed by atoms with Crippen LogP contribution in [0.1, 0.15) is 5.56 Å². The Morgan fingerprint density at radius 2 is 1.94 bits per heavy atom. The number of nitrogens with one attached hydrogen (secondary N) is 1. The van der Waals surface area contributed by atoms with E-state index in [1.165, 1.54) is 44.6 Å². The largest absolute Gasteiger partial charge is 0.497 e. The molecule has 2 aromatic rings. The Hall–Kier alpha value is -2.72. The quantitative estimate of drug-likeness (QED) is 0.606. The highest BCUT2D eigenvalue weighted by molar-refractivity contribution is 7.94. The zero-order valence-electron chi connectivity index (χ0n) is 16.4. The van der Waals surface area contributed by atoms with Crippen LogP contribution in [0.2, 0.25) is 0 Å². The van der Waals surface area contributed by atoms with E-state index in [1.807, 2.05) is 0 Å². The number of rotatable bonds is 7. The summed E-state index contributed by atoms with van der Waals surface area (Å²) >= 11 is 5.87. The molecule has 11 heteroatoms. The molecule has 6 nitrogen and oxygen atoms in total. The Bertz CT molecular complexity index is 1160. The van der Waals surface area contributed by atoms with Gasteiger partial charge >= 0.3 is 0 Å². The van der Waals surface area contributed by atoms with Crippen molar-refractivity contribution in [2.75, 3.05) is 18.9 Å². The van der Waals surface area contributed by atoms with Crippen LogP contribution >= 0.6 is 11.6 Å². The van der Waals surface area contributed by atoms with Crippen molar-refractivity contribution in [1.82, 2.24) is 4.98 Å². The number of anilines is 1. The molecule has 1 N–H and O–H groups in total. The summed E-state index contributed by atoms with van der Waals surface area (Å²) in [5, 5.41) is -0.570. The summed E-state index contributed by atoms with van der Waals surface area (Å²) in [7, 11) is -1.88. The predicted octanol–water partition coefficient (Wildman–Crippen LogP) is 4.29. The first-order valence-corrected chi connectivity index (χ1v) is 10.7. The van der Waals surface area contributed by atoms with E-state index in [2.05, 4.69) is 9.71 Å². The van der Waals surface area contributed by atoms with Gasteiger partial charge in [0.05, 0.1) is 19.3 Å². The second kappa shape index (κ2) is 8.80. The molecule has 31 heavy (non-hydrogen) atoms. The summed E-state index contributed by atoms with van der Waals surface area (Å²) < 4.78 is 79.4. The van der Waals surface area contributed by atoms with Gasteiger partial charge in [-0.05, 0) is 35.9 Å². The Labute approximate surface area is 182 Å². The number of hydrogen-bond donors (Lipinski definition) is 1. The van der Waals surface area contributed by atoms with E-state index in [0.29, 0.717) is 17.4 Å². The van der Waals surface area contributed by atoms with E-state index in [1.54, 1.807) is 0 Å². The topological polar surface area (TPSA) is 77.5 Å². The molecule has 3 rings (SSSR count). The Kier molecular flexibility index (Phi) is 6.51. The molecule has 2 unspecified atom stereocenters. The van der Waals surface area contributed by atoms with Crippen LogP contribution in [-0.2, 0) is 16.4 Å². The lowest BCUT2D eigenvalue weighted by molar-refractivity contribution is 0.319. The van der Waals surface area contributed by atoms with Crippen LogP contribution in [0.5, 0.6) is 11.5 Å². The highest BCUT2D eigenvalue weighted by atomic mass is 35.5. The molecule has 0 saturated carbocycles. The highest BCUT2D eigenvalue weighted by Crippen LogP contribution is 2.41. The van der Waals surface area contributed by atoms with Crippen molar-refractivity contribution in [3.8, 4) is 11.5 Å². The minimum atomic E-state index is -4.67. The number of nitrogens with zero attached hydrogens (tertiary/aromatic N) is 1. The number of aromatic nitrogens is 1. The normalized spacial score (nSPS) is 21.2. The molecular formula is C20H18ClF3N2O4S. The lowest BCUT2D eigenvalue weighted by Gasteiger charge is -2.35. The third-order valence-electron chi connectivity index (χ3n) is 4.77. The maximum atomic E-state index is 15.3. The van der Waals surface area contributed by atoms with Gasteiger partial charge in [-0.2, -0.15) is 4.39 Å². The van der Waals surface area contributed by atoms with Gasteiger partial charge in [-0.3, -0.25) is 4.72 Å². The number of alkyl halides is 1. The van der Waals surface area contributed by atoms with Crippen LogP contribution in [0.4, 0.5) is 19.0 Å². The van der Waals surface area contributed by atoms with Gasteiger partial charge in [0.2, 0.25) is 16.0 Å². The fourth-order valence-corrected chi connectivity index (χ4v) is 5.06. The number of halogens is 4. The fourth-order valence-electron chi connectivity index (χ4n) is 3.17. The van der Waals surface area contributed by atoms with Crippen LogP contribution in [0.3, 0.4) is 0 Å². The minimum Gasteiger partial charge on any atom is -0.497 e. The van der Waals surface area contributed by atoms with Crippen LogP contribution < -0.4 is 14.2 Å². The molecule has 2 atom stereocenters. The van der Waals surface area contributed by atoms with Crippen molar-refractivity contribution in [1.29, 1.82) is 0 Å². The van der Waals surface area contributed by atoms with Crippen molar-refractivity contribution in [2.24, 2.45) is 0 Å². The summed E-state index contributed by atoms with van der Waals surface area (Å²) in [4.78, 5) is 3.44. The molecule has 0 amide bonds. The molecule has 1 aliphatic carbocycles. The summed E-state index contributed by atoms with van der Waals surface area (Å²) in [6.45, 7) is 0. The molecular weight excluding hydrogens is 457 g/mol. The summed E-state index contributed by atoms with van der Waals surface area (Å²) in [5.74, 6) is -1.74. The summed E-state index contributed by atoms with van der Waals surface area (Å²) in [6.07, 6.45) is -1.53. The van der Waals surface area contributed by atoms with Gasteiger partial charge in [0.15, 0.2) is 0 Å². The standard InChI is InChI=1S/C20H18ClF3N2O4S/c1-29-13-7-6-12(16(8-13)30-2)10-20(11-14(21)15(22)9-17(20)23)31(27,28)26-19-5-3-4-18(24)25-19/h3-9,11,17H,10H2,1-2H3,(H,25,26). The smallest absolute Gasteiger partial charge is 0.246 e. The van der Waals surface area contributed by atoms with Crippen LogP contribution in [-0.4, -0.2) is 38.5 Å². The van der Waals surface area contributed by atoms with Crippen LogP contribution in [0.15, 0.2) is 59.4 Å². The summed E-state index contributed by atoms with van der Waals surface area (Å²) in [6, 6.07) is 7.98. The number of benzene rings is 1. The van der Waals surface area contributed by atoms with Gasteiger partial charge in [0.25, 0.3) is 0 Å². The van der Waals surface area contributed by atoms with E-state index in [0.717, 1.165) is 12.1 Å². The molecule has 166 valence electrons. The third-order valence-corrected chi connectivity index (χ3v) is 7.03. The monoisotopic (exact) mass is 474 g/mol. The third kappa shape index (κ3) is 4.49. The zero-order valence-corrected chi connectivity index (χ0v) is 18.0. The van der Waals surface area contributed by atoms with Gasteiger partial charge in [-0.15, -0.1) is 0 Å². The fraction of sp³-hybridized carbons (Fsp3) is 0.250. The van der Waals surface area contributed by atoms with E-state index in [-0.39, 0.29) is 11.6 Å². The Morgan fingerprint density at radius 3 is 2.58 bits per heavy atom. The van der Waals surface area contributed by atoms with Crippen molar-refractivity contribution >= 4 is 27.4 Å². The lowest BCUT2D eigenvalue weighted by atomic mass is 9.89. The minimum absolute atomic E-state index is 0.226. The number of sulfonamides is 1. The van der Waals surface area contributed by atoms with E-state index >= 15 is 4.39 Å². The van der Waals surface area contributed by atoms with Crippen LogP contribution in [0.25, 0.3) is 0 Å². The number of pyridine rings is 1. The van der Waals surface area contributed by atoms with Crippen LogP contribution in [0, 0.1) is 5.95 Å². The van der Waals surface area contributed by atoms with Gasteiger partial charge in [-0.1, -0.05) is 23.7 Å². The first-order valence-electron chi connectivity index (χ1n) is 8.88. The number of ether oxygens (including phenoxy) is 2. The second-order valence-electron chi connectivity index (χ2n) is 6.67. The molecule has 1 aliphatic rings. The molecule has 1 aromatic heterocycles. The first-order chi connectivity index (χ1) is 14.6. The lowest BCUT2D eigenvalue weighted by Crippen LogP contribution is -2.51. The highest BCUT2D eigenvalue weighted by Gasteiger charge is 2.52. The van der Waals surface area contributed by atoms with Gasteiger partial charge in [-0.25, -0.2) is 22.2 Å². The first kappa shape index (κ1) is 23.0. The predicted molar refractivity (Wildman–Crippen MR) is 111 cm³/mol. The SMILES string of the molecule is COc1ccc(CC2(S(=O)(=O)Nc3cccc(F)n3)C=C(Cl)C(F)=CC2F)c(OC)c1. The van der Waals surface area contributed by atoms with Gasteiger partial charge in [0, 0.05) is 12.5 Å². The summed E-state index contributed by atoms with van der Waals surface area (Å²) in [5.41, 5.74) is 0.292. The molecule has 0 radical (unpaired) electrons. The Morgan fingerprint density at radius 1 is 1.19 bits per heavy atom. The Balaban J connectivity index is 2.13. The van der Waals surface area contributed by atoms with E-state index in [9.17, 15) is 17.2 Å². The van der Waals surface area contributed by atoms with Gasteiger partial charge < -0.3 is 9.47 Å². The zero-order chi connectivity index (χ0) is 22.8. The molecule has 0 aliphatic heterocycles. The number of hydrogen-bond acceptors (Lipinski definition) is 5. The molecule has 0 bridgehead atoms. The molecule has 1 aromatic carbocycles. The number of methoxy groups -OCH3 is 2. The van der Waals surface area contributed by atoms with Crippen molar-refractivity contribution in [3.63, 3.8) is 0 Å². The average molecular weight is 475 g/mol. The molecule has 0 saturated heterocycles. The molecule has 0 fully saturated rings. The van der Waals surface area contributed by atoms with E-state index in [4.69, 9.17) is 21.1 Å². The van der Waals surface area contributed by atoms with Crippen molar-refractivity contribution < 1.29 is 31.1 Å². The maximum Gasteiger partial charge on any atom is 0.246 e. The molecule has 0 spiro atoms.